The van der Waals surface area contributed by atoms with Crippen molar-refractivity contribution in [3.63, 3.8) is 0 Å². The minimum atomic E-state index is 0.735. The molecule has 1 unspecified atom stereocenters. The molecule has 1 saturated heterocycles. The van der Waals surface area contributed by atoms with Gasteiger partial charge in [0.25, 0.3) is 0 Å². The number of hydrogen-bond donors (Lipinski definition) is 1. The molecule has 1 aliphatic heterocycles. The molecular formula is C15H22N4S. The second-order valence-corrected chi connectivity index (χ2v) is 6.39. The van der Waals surface area contributed by atoms with E-state index in [1.807, 2.05) is 0 Å². The lowest BCUT2D eigenvalue weighted by molar-refractivity contribution is 0.376. The SMILES string of the molecule is CCCN(CC1CCCNC1)c1ncnc2sccc12. The molecule has 0 aliphatic carbocycles. The second kappa shape index (κ2) is 6.50. The first-order valence-corrected chi connectivity index (χ1v) is 8.40. The standard InChI is InChI=1S/C15H22N4S/c1-2-7-19(10-12-4-3-6-16-9-12)14-13-5-8-20-15(13)18-11-17-14/h5,8,11-12,16H,2-4,6-7,9-10H2,1H3. The van der Waals surface area contributed by atoms with Crippen LogP contribution in [0.3, 0.4) is 0 Å². The van der Waals surface area contributed by atoms with Gasteiger partial charge in [-0.15, -0.1) is 11.3 Å². The third-order valence-corrected chi connectivity index (χ3v) is 4.73. The van der Waals surface area contributed by atoms with Crippen LogP contribution in [-0.4, -0.2) is 36.1 Å². The molecule has 1 fully saturated rings. The molecule has 2 aromatic heterocycles. The molecular weight excluding hydrogens is 268 g/mol. The highest BCUT2D eigenvalue weighted by molar-refractivity contribution is 7.16. The molecule has 0 bridgehead atoms. The predicted molar refractivity (Wildman–Crippen MR) is 85.5 cm³/mol. The fourth-order valence-corrected chi connectivity index (χ4v) is 3.70. The van der Waals surface area contributed by atoms with E-state index in [2.05, 4.69) is 38.6 Å². The molecule has 2 aromatic rings. The van der Waals surface area contributed by atoms with E-state index in [1.54, 1.807) is 17.7 Å². The summed E-state index contributed by atoms with van der Waals surface area (Å²) < 4.78 is 0. The Labute approximate surface area is 124 Å². The molecule has 4 nitrogen and oxygen atoms in total. The highest BCUT2D eigenvalue weighted by atomic mass is 32.1. The fraction of sp³-hybridized carbons (Fsp3) is 0.600. The van der Waals surface area contributed by atoms with Crippen LogP contribution in [0.4, 0.5) is 5.82 Å². The van der Waals surface area contributed by atoms with E-state index in [-0.39, 0.29) is 0 Å². The lowest BCUT2D eigenvalue weighted by Crippen LogP contribution is -2.39. The van der Waals surface area contributed by atoms with E-state index in [0.29, 0.717) is 0 Å². The van der Waals surface area contributed by atoms with Crippen molar-refractivity contribution in [1.29, 1.82) is 0 Å². The molecule has 1 N–H and O–H groups in total. The molecule has 0 amide bonds. The van der Waals surface area contributed by atoms with Crippen LogP contribution in [0.1, 0.15) is 26.2 Å². The molecule has 0 radical (unpaired) electrons. The van der Waals surface area contributed by atoms with Crippen molar-refractivity contribution in [2.24, 2.45) is 5.92 Å². The van der Waals surface area contributed by atoms with Crippen LogP contribution in [0, 0.1) is 5.92 Å². The number of piperidine rings is 1. The first kappa shape index (κ1) is 13.8. The van der Waals surface area contributed by atoms with E-state index >= 15 is 0 Å². The molecule has 1 atom stereocenters. The van der Waals surface area contributed by atoms with Crippen LogP contribution < -0.4 is 10.2 Å². The van der Waals surface area contributed by atoms with Crippen LogP contribution in [0.15, 0.2) is 17.8 Å². The number of hydrogen-bond acceptors (Lipinski definition) is 5. The number of anilines is 1. The normalized spacial score (nSPS) is 19.4. The zero-order valence-corrected chi connectivity index (χ0v) is 12.8. The van der Waals surface area contributed by atoms with Crippen molar-refractivity contribution in [2.45, 2.75) is 26.2 Å². The Morgan fingerprint density at radius 1 is 1.45 bits per heavy atom. The number of fused-ring (bicyclic) bond motifs is 1. The van der Waals surface area contributed by atoms with Gasteiger partial charge in [-0.1, -0.05) is 6.92 Å². The average molecular weight is 290 g/mol. The lowest BCUT2D eigenvalue weighted by atomic mass is 9.99. The van der Waals surface area contributed by atoms with E-state index < -0.39 is 0 Å². The summed E-state index contributed by atoms with van der Waals surface area (Å²) in [5.74, 6) is 1.85. The quantitative estimate of drug-likeness (QED) is 0.919. The molecule has 0 saturated carbocycles. The average Bonchev–Trinajstić information content (AvgIpc) is 2.96. The lowest BCUT2D eigenvalue weighted by Gasteiger charge is -2.31. The zero-order valence-electron chi connectivity index (χ0n) is 12.0. The summed E-state index contributed by atoms with van der Waals surface area (Å²) in [6.45, 7) is 6.71. The third kappa shape index (κ3) is 2.94. The molecule has 108 valence electrons. The Kier molecular flexibility index (Phi) is 4.47. The monoisotopic (exact) mass is 290 g/mol. The van der Waals surface area contributed by atoms with Gasteiger partial charge in [-0.25, -0.2) is 9.97 Å². The smallest absolute Gasteiger partial charge is 0.140 e. The Morgan fingerprint density at radius 3 is 3.20 bits per heavy atom. The van der Waals surface area contributed by atoms with E-state index in [0.717, 1.165) is 42.6 Å². The summed E-state index contributed by atoms with van der Waals surface area (Å²) in [7, 11) is 0. The Balaban J connectivity index is 1.83. The maximum absolute atomic E-state index is 4.56. The summed E-state index contributed by atoms with van der Waals surface area (Å²) in [5, 5.41) is 6.82. The van der Waals surface area contributed by atoms with Crippen molar-refractivity contribution in [3.05, 3.63) is 17.8 Å². The van der Waals surface area contributed by atoms with E-state index in [9.17, 15) is 0 Å². The van der Waals surface area contributed by atoms with Gasteiger partial charge in [-0.05, 0) is 49.7 Å². The summed E-state index contributed by atoms with van der Waals surface area (Å²) in [6.07, 6.45) is 5.47. The molecule has 0 spiro atoms. The Bertz CT molecular complexity index is 548. The first-order chi connectivity index (χ1) is 9.88. The topological polar surface area (TPSA) is 41.0 Å². The number of rotatable bonds is 5. The molecule has 3 heterocycles. The van der Waals surface area contributed by atoms with Crippen LogP contribution in [-0.2, 0) is 0 Å². The highest BCUT2D eigenvalue weighted by Crippen LogP contribution is 2.28. The second-order valence-electron chi connectivity index (χ2n) is 5.50. The van der Waals surface area contributed by atoms with Crippen LogP contribution in [0.5, 0.6) is 0 Å². The van der Waals surface area contributed by atoms with Crippen molar-refractivity contribution in [1.82, 2.24) is 15.3 Å². The molecule has 3 rings (SSSR count). The number of aromatic nitrogens is 2. The molecule has 5 heteroatoms. The minimum Gasteiger partial charge on any atom is -0.356 e. The fourth-order valence-electron chi connectivity index (χ4n) is 2.97. The maximum atomic E-state index is 4.56. The van der Waals surface area contributed by atoms with Gasteiger partial charge in [-0.3, -0.25) is 0 Å². The van der Waals surface area contributed by atoms with Crippen molar-refractivity contribution in [2.75, 3.05) is 31.1 Å². The zero-order chi connectivity index (χ0) is 13.8. The van der Waals surface area contributed by atoms with Crippen LogP contribution >= 0.6 is 11.3 Å². The number of nitrogens with one attached hydrogen (secondary N) is 1. The van der Waals surface area contributed by atoms with Gasteiger partial charge >= 0.3 is 0 Å². The van der Waals surface area contributed by atoms with Gasteiger partial charge in [-0.2, -0.15) is 0 Å². The third-order valence-electron chi connectivity index (χ3n) is 3.91. The summed E-state index contributed by atoms with van der Waals surface area (Å²) in [6, 6.07) is 2.15. The van der Waals surface area contributed by atoms with Crippen LogP contribution in [0.2, 0.25) is 0 Å². The van der Waals surface area contributed by atoms with Gasteiger partial charge in [0.1, 0.15) is 17.0 Å². The van der Waals surface area contributed by atoms with Gasteiger partial charge in [0.05, 0.1) is 5.39 Å². The van der Waals surface area contributed by atoms with Gasteiger partial charge in [0.15, 0.2) is 0 Å². The number of thiophene rings is 1. The number of nitrogens with zero attached hydrogens (tertiary/aromatic N) is 3. The summed E-state index contributed by atoms with van der Waals surface area (Å²) >= 11 is 1.69. The molecule has 0 aromatic carbocycles. The maximum Gasteiger partial charge on any atom is 0.140 e. The van der Waals surface area contributed by atoms with Crippen LogP contribution in [0.25, 0.3) is 10.2 Å². The van der Waals surface area contributed by atoms with Crippen molar-refractivity contribution < 1.29 is 0 Å². The molecule has 20 heavy (non-hydrogen) atoms. The van der Waals surface area contributed by atoms with Crippen molar-refractivity contribution in [3.8, 4) is 0 Å². The minimum absolute atomic E-state index is 0.735. The Hall–Kier alpha value is -1.20. The summed E-state index contributed by atoms with van der Waals surface area (Å²) in [4.78, 5) is 12.5. The van der Waals surface area contributed by atoms with Crippen molar-refractivity contribution >= 4 is 27.4 Å². The molecule has 1 aliphatic rings. The largest absolute Gasteiger partial charge is 0.356 e. The highest BCUT2D eigenvalue weighted by Gasteiger charge is 2.19. The summed E-state index contributed by atoms with van der Waals surface area (Å²) in [5.41, 5.74) is 0. The van der Waals surface area contributed by atoms with E-state index in [1.165, 1.54) is 24.8 Å². The van der Waals surface area contributed by atoms with E-state index in [4.69, 9.17) is 0 Å². The van der Waals surface area contributed by atoms with Gasteiger partial charge in [0, 0.05) is 13.1 Å². The first-order valence-electron chi connectivity index (χ1n) is 7.52. The Morgan fingerprint density at radius 2 is 2.40 bits per heavy atom. The van der Waals surface area contributed by atoms with Gasteiger partial charge < -0.3 is 10.2 Å². The predicted octanol–water partition coefficient (Wildman–Crippen LogP) is 2.91. The van der Waals surface area contributed by atoms with Gasteiger partial charge in [0.2, 0.25) is 0 Å².